The highest BCUT2D eigenvalue weighted by Gasteiger charge is 2.30. The molecule has 0 saturated carbocycles. The molecule has 0 heterocycles. The summed E-state index contributed by atoms with van der Waals surface area (Å²) < 4.78 is 0. The molecule has 10 N–H and O–H groups in total. The number of nitrogens with one attached hydrogen (secondary N) is 3. The van der Waals surface area contributed by atoms with Crippen molar-refractivity contribution in [1.82, 2.24) is 16.0 Å². The van der Waals surface area contributed by atoms with Gasteiger partial charge in [-0.25, -0.2) is 4.79 Å². The zero-order valence-corrected chi connectivity index (χ0v) is 14.7. The van der Waals surface area contributed by atoms with Crippen LogP contribution in [0.3, 0.4) is 0 Å². The van der Waals surface area contributed by atoms with Gasteiger partial charge in [-0.2, -0.15) is 0 Å². The number of rotatable bonds is 13. The summed E-state index contributed by atoms with van der Waals surface area (Å²) in [6, 6.07) is -4.74. The van der Waals surface area contributed by atoms with Crippen molar-refractivity contribution in [3.63, 3.8) is 0 Å². The van der Waals surface area contributed by atoms with Crippen LogP contribution in [0.25, 0.3) is 0 Å². The van der Waals surface area contributed by atoms with E-state index in [2.05, 4.69) is 10.6 Å². The normalized spacial score (nSPS) is 13.5. The van der Waals surface area contributed by atoms with Gasteiger partial charge in [0.05, 0.1) is 19.6 Å². The van der Waals surface area contributed by atoms with Crippen LogP contribution in [0.4, 0.5) is 0 Å². The van der Waals surface area contributed by atoms with Gasteiger partial charge in [0.1, 0.15) is 18.1 Å². The van der Waals surface area contributed by atoms with E-state index in [0.29, 0.717) is 0 Å². The van der Waals surface area contributed by atoms with Crippen LogP contribution in [0.2, 0.25) is 0 Å². The Morgan fingerprint density at radius 3 is 1.82 bits per heavy atom. The number of primary amides is 1. The summed E-state index contributed by atoms with van der Waals surface area (Å²) in [6.45, 7) is -1.41. The number of aliphatic hydroxyl groups excluding tert-OH is 1. The van der Waals surface area contributed by atoms with Crippen LogP contribution in [-0.4, -0.2) is 82.2 Å². The molecule has 0 aliphatic carbocycles. The largest absolute Gasteiger partial charge is 0.481 e. The smallest absolute Gasteiger partial charge is 0.326 e. The standard InChI is InChI=1S/C14H23N5O9/c15-4-10(22)17-6(1-2-9(16)21)12(25)19-8(5-20)13(26)18-7(14(27)28)3-11(23)24/h6-8,20H,1-5,15H2,(H2,16,21)(H,17,22)(H,18,26)(H,19,25)(H,23,24)(H,27,28). The Morgan fingerprint density at radius 1 is 0.857 bits per heavy atom. The van der Waals surface area contributed by atoms with Crippen molar-refractivity contribution in [3.05, 3.63) is 0 Å². The third-order valence-electron chi connectivity index (χ3n) is 3.33. The van der Waals surface area contributed by atoms with E-state index in [0.717, 1.165) is 0 Å². The summed E-state index contributed by atoms with van der Waals surface area (Å²) in [5, 5.41) is 33.0. The number of hydrogen-bond donors (Lipinski definition) is 8. The molecule has 0 aromatic carbocycles. The number of hydrogen-bond acceptors (Lipinski definition) is 8. The molecule has 3 unspecified atom stereocenters. The molecule has 4 amide bonds. The van der Waals surface area contributed by atoms with Crippen LogP contribution in [-0.2, 0) is 28.8 Å². The summed E-state index contributed by atoms with van der Waals surface area (Å²) in [5.41, 5.74) is 10.1. The number of amides is 4. The van der Waals surface area contributed by atoms with E-state index in [-0.39, 0.29) is 12.8 Å². The molecule has 0 radical (unpaired) electrons. The second-order valence-electron chi connectivity index (χ2n) is 5.57. The summed E-state index contributed by atoms with van der Waals surface area (Å²) in [5.74, 6) is -6.75. The number of aliphatic hydroxyl groups is 1. The molecule has 0 saturated heterocycles. The van der Waals surface area contributed by atoms with Gasteiger partial charge in [0, 0.05) is 6.42 Å². The quantitative estimate of drug-likeness (QED) is 0.145. The van der Waals surface area contributed by atoms with Gasteiger partial charge in [-0.05, 0) is 6.42 Å². The van der Waals surface area contributed by atoms with Crippen LogP contribution in [0.5, 0.6) is 0 Å². The molecule has 28 heavy (non-hydrogen) atoms. The molecule has 0 aromatic rings. The Kier molecular flexibility index (Phi) is 10.8. The van der Waals surface area contributed by atoms with Crippen molar-refractivity contribution in [2.24, 2.45) is 11.5 Å². The third-order valence-corrected chi connectivity index (χ3v) is 3.33. The molecule has 14 nitrogen and oxygen atoms in total. The van der Waals surface area contributed by atoms with Crippen LogP contribution < -0.4 is 27.4 Å². The minimum atomic E-state index is -1.79. The zero-order valence-electron chi connectivity index (χ0n) is 14.7. The van der Waals surface area contributed by atoms with E-state index >= 15 is 0 Å². The highest BCUT2D eigenvalue weighted by atomic mass is 16.4. The fraction of sp³-hybridized carbons (Fsp3) is 0.571. The Labute approximate surface area is 158 Å². The molecule has 0 aromatic heterocycles. The number of carbonyl (C=O) groups is 6. The molecular weight excluding hydrogens is 382 g/mol. The lowest BCUT2D eigenvalue weighted by Gasteiger charge is -2.22. The van der Waals surface area contributed by atoms with Gasteiger partial charge in [-0.3, -0.25) is 24.0 Å². The highest BCUT2D eigenvalue weighted by molar-refractivity contribution is 5.94. The Hall–Kier alpha value is -3.26. The second kappa shape index (κ2) is 12.2. The van der Waals surface area contributed by atoms with E-state index in [1.54, 1.807) is 0 Å². The monoisotopic (exact) mass is 405 g/mol. The first-order chi connectivity index (χ1) is 13.0. The van der Waals surface area contributed by atoms with Gasteiger partial charge in [0.25, 0.3) is 0 Å². The average molecular weight is 405 g/mol. The molecule has 3 atom stereocenters. The second-order valence-corrected chi connectivity index (χ2v) is 5.57. The van der Waals surface area contributed by atoms with Crippen LogP contribution >= 0.6 is 0 Å². The molecule has 158 valence electrons. The van der Waals surface area contributed by atoms with E-state index in [1.807, 2.05) is 5.32 Å². The molecule has 0 fully saturated rings. The van der Waals surface area contributed by atoms with Gasteiger partial charge in [0.2, 0.25) is 23.6 Å². The van der Waals surface area contributed by atoms with Crippen molar-refractivity contribution < 1.29 is 44.1 Å². The SMILES string of the molecule is NCC(=O)NC(CCC(N)=O)C(=O)NC(CO)C(=O)NC(CC(=O)O)C(=O)O. The predicted octanol–water partition coefficient (Wildman–Crippen LogP) is -4.78. The van der Waals surface area contributed by atoms with Crippen LogP contribution in [0.1, 0.15) is 19.3 Å². The van der Waals surface area contributed by atoms with Gasteiger partial charge >= 0.3 is 11.9 Å². The van der Waals surface area contributed by atoms with Gasteiger partial charge in [-0.15, -0.1) is 0 Å². The predicted molar refractivity (Wildman–Crippen MR) is 90.2 cm³/mol. The first-order valence-corrected chi connectivity index (χ1v) is 7.95. The first kappa shape index (κ1) is 24.7. The molecular formula is C14H23N5O9. The molecule has 0 rings (SSSR count). The topological polar surface area (TPSA) is 251 Å². The Balaban J connectivity index is 5.13. The fourth-order valence-corrected chi connectivity index (χ4v) is 1.92. The summed E-state index contributed by atoms with van der Waals surface area (Å²) in [4.78, 5) is 68.2. The number of carboxylic acids is 2. The minimum Gasteiger partial charge on any atom is -0.481 e. The van der Waals surface area contributed by atoms with Gasteiger partial charge in [0.15, 0.2) is 0 Å². The molecule has 0 aliphatic heterocycles. The lowest BCUT2D eigenvalue weighted by atomic mass is 10.1. The summed E-state index contributed by atoms with van der Waals surface area (Å²) >= 11 is 0. The summed E-state index contributed by atoms with van der Waals surface area (Å²) in [6.07, 6.45) is -1.43. The Bertz CT molecular complexity index is 624. The lowest BCUT2D eigenvalue weighted by molar-refractivity contribution is -0.147. The van der Waals surface area contributed by atoms with E-state index in [9.17, 15) is 33.9 Å². The zero-order chi connectivity index (χ0) is 21.9. The number of nitrogens with two attached hydrogens (primary N) is 2. The third kappa shape index (κ3) is 9.44. The van der Waals surface area contributed by atoms with Crippen molar-refractivity contribution in [2.75, 3.05) is 13.2 Å². The first-order valence-electron chi connectivity index (χ1n) is 7.95. The molecule has 14 heteroatoms. The number of carboxylic acid groups (broad SMARTS) is 2. The van der Waals surface area contributed by atoms with Crippen molar-refractivity contribution in [2.45, 2.75) is 37.4 Å². The van der Waals surface area contributed by atoms with Gasteiger partial charge < -0.3 is 42.7 Å². The molecule has 0 aliphatic rings. The fourth-order valence-electron chi connectivity index (χ4n) is 1.92. The maximum absolute atomic E-state index is 12.3. The Morgan fingerprint density at radius 2 is 1.39 bits per heavy atom. The van der Waals surface area contributed by atoms with Crippen LogP contribution in [0.15, 0.2) is 0 Å². The molecule has 0 bridgehead atoms. The van der Waals surface area contributed by atoms with E-state index in [1.165, 1.54) is 0 Å². The van der Waals surface area contributed by atoms with Crippen molar-refractivity contribution in [1.29, 1.82) is 0 Å². The number of carbonyl (C=O) groups excluding carboxylic acids is 4. The summed E-state index contributed by atoms with van der Waals surface area (Å²) in [7, 11) is 0. The van der Waals surface area contributed by atoms with Crippen molar-refractivity contribution >= 4 is 35.6 Å². The maximum Gasteiger partial charge on any atom is 0.326 e. The maximum atomic E-state index is 12.3. The van der Waals surface area contributed by atoms with Crippen molar-refractivity contribution in [3.8, 4) is 0 Å². The highest BCUT2D eigenvalue weighted by Crippen LogP contribution is 2.00. The lowest BCUT2D eigenvalue weighted by Crippen LogP contribution is -2.57. The van der Waals surface area contributed by atoms with Gasteiger partial charge in [-0.1, -0.05) is 0 Å². The average Bonchev–Trinajstić information content (AvgIpc) is 2.61. The van der Waals surface area contributed by atoms with Crippen LogP contribution in [0, 0.1) is 0 Å². The van der Waals surface area contributed by atoms with E-state index in [4.69, 9.17) is 21.7 Å². The number of aliphatic carboxylic acids is 2. The van der Waals surface area contributed by atoms with E-state index < -0.39 is 73.3 Å². The minimum absolute atomic E-state index is 0.219. The molecule has 0 spiro atoms.